The van der Waals surface area contributed by atoms with E-state index in [9.17, 15) is 10.1 Å². The summed E-state index contributed by atoms with van der Waals surface area (Å²) in [4.78, 5) is 14.0. The number of rotatable bonds is 3. The third kappa shape index (κ3) is 2.32. The SMILES string of the molecule is NNc1ncc(-c2cccc([N+](=O)[O-])c2)nn1. The van der Waals surface area contributed by atoms with Crippen molar-refractivity contribution in [2.45, 2.75) is 0 Å². The van der Waals surface area contributed by atoms with Gasteiger partial charge >= 0.3 is 0 Å². The predicted octanol–water partition coefficient (Wildman–Crippen LogP) is 0.732. The van der Waals surface area contributed by atoms with E-state index in [1.54, 1.807) is 12.1 Å². The number of nitrogens with one attached hydrogen (secondary N) is 1. The molecule has 86 valence electrons. The van der Waals surface area contributed by atoms with Gasteiger partial charge in [0.2, 0.25) is 0 Å². The normalized spacial score (nSPS) is 9.94. The van der Waals surface area contributed by atoms with Gasteiger partial charge in [0.25, 0.3) is 11.6 Å². The van der Waals surface area contributed by atoms with Crippen molar-refractivity contribution in [3.05, 3.63) is 40.6 Å². The fraction of sp³-hybridized carbons (Fsp3) is 0. The Balaban J connectivity index is 2.38. The Labute approximate surface area is 95.6 Å². The molecule has 0 saturated heterocycles. The minimum atomic E-state index is -0.472. The van der Waals surface area contributed by atoms with Gasteiger partial charge in [0.1, 0.15) is 5.69 Å². The lowest BCUT2D eigenvalue weighted by atomic mass is 10.1. The molecule has 0 atom stereocenters. The summed E-state index contributed by atoms with van der Waals surface area (Å²) in [5.41, 5.74) is 3.24. The second-order valence-electron chi connectivity index (χ2n) is 3.12. The summed E-state index contributed by atoms with van der Waals surface area (Å²) in [6.45, 7) is 0. The van der Waals surface area contributed by atoms with Crippen LogP contribution in [0, 0.1) is 10.1 Å². The maximum Gasteiger partial charge on any atom is 0.270 e. The number of hydrazine groups is 1. The van der Waals surface area contributed by atoms with Crippen molar-refractivity contribution >= 4 is 11.6 Å². The lowest BCUT2D eigenvalue weighted by molar-refractivity contribution is -0.384. The molecule has 0 unspecified atom stereocenters. The standard InChI is InChI=1S/C9H8N6O2/c10-12-9-11-5-8(13-14-9)6-2-1-3-7(4-6)15(16)17/h1-5H,10H2,(H,11,12,14). The number of anilines is 1. The van der Waals surface area contributed by atoms with Crippen LogP contribution in [0.15, 0.2) is 30.5 Å². The molecule has 17 heavy (non-hydrogen) atoms. The first-order valence-electron chi connectivity index (χ1n) is 4.62. The van der Waals surface area contributed by atoms with Crippen LogP contribution >= 0.6 is 0 Å². The number of nitrogen functional groups attached to an aromatic ring is 1. The van der Waals surface area contributed by atoms with Crippen molar-refractivity contribution in [3.8, 4) is 11.3 Å². The van der Waals surface area contributed by atoms with Crippen LogP contribution in [0.5, 0.6) is 0 Å². The molecule has 8 heteroatoms. The van der Waals surface area contributed by atoms with E-state index in [0.29, 0.717) is 11.3 Å². The minimum Gasteiger partial charge on any atom is -0.291 e. The van der Waals surface area contributed by atoms with Gasteiger partial charge in [-0.2, -0.15) is 0 Å². The van der Waals surface area contributed by atoms with Crippen molar-refractivity contribution in [2.24, 2.45) is 5.84 Å². The lowest BCUT2D eigenvalue weighted by Gasteiger charge is -2.00. The van der Waals surface area contributed by atoms with E-state index in [2.05, 4.69) is 20.6 Å². The molecule has 0 radical (unpaired) electrons. The van der Waals surface area contributed by atoms with Gasteiger partial charge in [-0.3, -0.25) is 15.5 Å². The molecule has 0 aliphatic heterocycles. The van der Waals surface area contributed by atoms with E-state index in [1.165, 1.54) is 18.3 Å². The van der Waals surface area contributed by atoms with Crippen LogP contribution in [0.4, 0.5) is 11.6 Å². The van der Waals surface area contributed by atoms with Crippen LogP contribution in [0.2, 0.25) is 0 Å². The Morgan fingerprint density at radius 3 is 2.76 bits per heavy atom. The Hall–Kier alpha value is -2.61. The third-order valence-corrected chi connectivity index (χ3v) is 2.04. The van der Waals surface area contributed by atoms with Crippen molar-refractivity contribution < 1.29 is 4.92 Å². The van der Waals surface area contributed by atoms with Gasteiger partial charge in [0, 0.05) is 17.7 Å². The molecule has 0 saturated carbocycles. The van der Waals surface area contributed by atoms with E-state index < -0.39 is 4.92 Å². The Bertz CT molecular complexity index is 541. The molecule has 0 aliphatic rings. The highest BCUT2D eigenvalue weighted by atomic mass is 16.6. The molecule has 3 N–H and O–H groups in total. The monoisotopic (exact) mass is 232 g/mol. The number of hydrogen-bond donors (Lipinski definition) is 2. The molecular formula is C9H8N6O2. The van der Waals surface area contributed by atoms with Gasteiger partial charge in [0.05, 0.1) is 11.1 Å². The number of nitro benzene ring substituents is 1. The average molecular weight is 232 g/mol. The van der Waals surface area contributed by atoms with Gasteiger partial charge in [-0.15, -0.1) is 10.2 Å². The van der Waals surface area contributed by atoms with E-state index in [1.807, 2.05) is 0 Å². The van der Waals surface area contributed by atoms with Gasteiger partial charge in [-0.25, -0.2) is 10.8 Å². The number of benzene rings is 1. The predicted molar refractivity (Wildman–Crippen MR) is 59.7 cm³/mol. The first-order chi connectivity index (χ1) is 8.20. The molecule has 2 rings (SSSR count). The molecule has 0 bridgehead atoms. The second kappa shape index (κ2) is 4.49. The summed E-state index contributed by atoms with van der Waals surface area (Å²) in [6, 6.07) is 6.07. The Morgan fingerprint density at radius 2 is 2.18 bits per heavy atom. The maximum absolute atomic E-state index is 10.6. The zero-order chi connectivity index (χ0) is 12.3. The van der Waals surface area contributed by atoms with Crippen molar-refractivity contribution in [2.75, 3.05) is 5.43 Å². The van der Waals surface area contributed by atoms with Gasteiger partial charge in [0.15, 0.2) is 0 Å². The molecule has 1 aromatic carbocycles. The van der Waals surface area contributed by atoms with Crippen molar-refractivity contribution in [1.82, 2.24) is 15.2 Å². The smallest absolute Gasteiger partial charge is 0.270 e. The quantitative estimate of drug-likeness (QED) is 0.454. The molecule has 1 aromatic heterocycles. The summed E-state index contributed by atoms with van der Waals surface area (Å²) in [5.74, 6) is 5.28. The van der Waals surface area contributed by atoms with Crippen LogP contribution in [-0.2, 0) is 0 Å². The van der Waals surface area contributed by atoms with Crippen LogP contribution in [0.1, 0.15) is 0 Å². The molecule has 8 nitrogen and oxygen atoms in total. The zero-order valence-electron chi connectivity index (χ0n) is 8.57. The third-order valence-electron chi connectivity index (χ3n) is 2.04. The van der Waals surface area contributed by atoms with E-state index in [-0.39, 0.29) is 11.6 Å². The Kier molecular flexibility index (Phi) is 2.88. The highest BCUT2D eigenvalue weighted by Crippen LogP contribution is 2.21. The summed E-state index contributed by atoms with van der Waals surface area (Å²) < 4.78 is 0. The number of hydrogen-bond acceptors (Lipinski definition) is 7. The average Bonchev–Trinajstić information content (AvgIpc) is 2.39. The maximum atomic E-state index is 10.6. The van der Waals surface area contributed by atoms with Gasteiger partial charge in [-0.05, 0) is 0 Å². The Morgan fingerprint density at radius 1 is 1.35 bits per heavy atom. The molecule has 2 aromatic rings. The van der Waals surface area contributed by atoms with E-state index in [0.717, 1.165) is 0 Å². The highest BCUT2D eigenvalue weighted by Gasteiger charge is 2.08. The van der Waals surface area contributed by atoms with Gasteiger partial charge in [-0.1, -0.05) is 12.1 Å². The van der Waals surface area contributed by atoms with E-state index >= 15 is 0 Å². The zero-order valence-corrected chi connectivity index (χ0v) is 8.57. The molecule has 0 aliphatic carbocycles. The van der Waals surface area contributed by atoms with Crippen LogP contribution < -0.4 is 11.3 Å². The number of nitrogens with two attached hydrogens (primary N) is 1. The summed E-state index contributed by atoms with van der Waals surface area (Å²) >= 11 is 0. The summed E-state index contributed by atoms with van der Waals surface area (Å²) in [6.07, 6.45) is 1.43. The molecule has 0 spiro atoms. The topological polar surface area (TPSA) is 120 Å². The van der Waals surface area contributed by atoms with Crippen molar-refractivity contribution in [1.29, 1.82) is 0 Å². The fourth-order valence-corrected chi connectivity index (χ4v) is 1.25. The summed E-state index contributed by atoms with van der Waals surface area (Å²) in [7, 11) is 0. The van der Waals surface area contributed by atoms with Crippen LogP contribution in [0.3, 0.4) is 0 Å². The number of non-ortho nitro benzene ring substituents is 1. The molecule has 1 heterocycles. The molecule has 0 amide bonds. The number of aromatic nitrogens is 3. The van der Waals surface area contributed by atoms with Gasteiger partial charge < -0.3 is 0 Å². The molecule has 0 fully saturated rings. The largest absolute Gasteiger partial charge is 0.291 e. The van der Waals surface area contributed by atoms with Crippen LogP contribution in [0.25, 0.3) is 11.3 Å². The highest BCUT2D eigenvalue weighted by molar-refractivity contribution is 5.61. The first-order valence-corrected chi connectivity index (χ1v) is 4.62. The van der Waals surface area contributed by atoms with Crippen LogP contribution in [-0.4, -0.2) is 20.1 Å². The molecular weight excluding hydrogens is 224 g/mol. The second-order valence-corrected chi connectivity index (χ2v) is 3.12. The number of nitrogens with zero attached hydrogens (tertiary/aromatic N) is 4. The number of nitro groups is 1. The van der Waals surface area contributed by atoms with E-state index in [4.69, 9.17) is 5.84 Å². The van der Waals surface area contributed by atoms with Crippen molar-refractivity contribution in [3.63, 3.8) is 0 Å². The lowest BCUT2D eigenvalue weighted by Crippen LogP contribution is -2.11. The minimum absolute atomic E-state index is 0.00896. The first kappa shape index (κ1) is 10.9. The fourth-order valence-electron chi connectivity index (χ4n) is 1.25. The summed E-state index contributed by atoms with van der Waals surface area (Å²) in [5, 5.41) is 18.1.